The summed E-state index contributed by atoms with van der Waals surface area (Å²) in [5.74, 6) is -0.581. The summed E-state index contributed by atoms with van der Waals surface area (Å²) in [5, 5.41) is -0.0451. The Hall–Kier alpha value is -1.47. The lowest BCUT2D eigenvalue weighted by molar-refractivity contribution is -0.134. The minimum absolute atomic E-state index is 0.0158. The van der Waals surface area contributed by atoms with E-state index in [9.17, 15) is 9.59 Å². The van der Waals surface area contributed by atoms with Gasteiger partial charge in [-0.1, -0.05) is 67.5 Å². The first-order chi connectivity index (χ1) is 20.0. The second-order valence-corrected chi connectivity index (χ2v) is 26.8. The summed E-state index contributed by atoms with van der Waals surface area (Å²) in [4.78, 5) is 27.2. The molecule has 0 spiro atoms. The van der Waals surface area contributed by atoms with Crippen molar-refractivity contribution >= 4 is 28.7 Å². The largest absolute Gasteiger partial charge is 0.466 e. The minimum Gasteiger partial charge on any atom is -0.466 e. The van der Waals surface area contributed by atoms with E-state index >= 15 is 0 Å². The van der Waals surface area contributed by atoms with E-state index < -0.39 is 40.0 Å². The van der Waals surface area contributed by atoms with Gasteiger partial charge in [0.15, 0.2) is 16.6 Å². The van der Waals surface area contributed by atoms with Crippen LogP contribution in [0.3, 0.4) is 0 Å². The van der Waals surface area contributed by atoms with E-state index in [1.165, 1.54) is 13.2 Å². The molecular weight excluding hydrogens is 603 g/mol. The van der Waals surface area contributed by atoms with Gasteiger partial charge in [0.2, 0.25) is 0 Å². The Morgan fingerprint density at radius 3 is 1.84 bits per heavy atom. The van der Waals surface area contributed by atoms with E-state index in [2.05, 4.69) is 94.6 Å². The molecule has 0 unspecified atom stereocenters. The SMILES string of the molecule is COC(=O)/C=C/[C@H](C)[C@H](O[Si](C)(C)C(C)(C)C)[C@@H](C)[C@@H](O[Si](C)(C)C(C)(C)C)/C(C)=C/[C@@H]1COC(C)(C)N1C(=O)OC(C)(C)C. The van der Waals surface area contributed by atoms with E-state index in [0.717, 1.165) is 5.57 Å². The van der Waals surface area contributed by atoms with Crippen LogP contribution in [0.15, 0.2) is 23.8 Å². The molecule has 5 atom stereocenters. The van der Waals surface area contributed by atoms with Gasteiger partial charge in [0.05, 0.1) is 32.0 Å². The van der Waals surface area contributed by atoms with Crippen molar-refractivity contribution < 1.29 is 32.7 Å². The number of amides is 1. The van der Waals surface area contributed by atoms with Crippen LogP contribution in [0.5, 0.6) is 0 Å². The average molecular weight is 670 g/mol. The average Bonchev–Trinajstić information content (AvgIpc) is 3.14. The topological polar surface area (TPSA) is 83.5 Å². The van der Waals surface area contributed by atoms with Crippen LogP contribution in [0.1, 0.15) is 96.9 Å². The van der Waals surface area contributed by atoms with Gasteiger partial charge in [0, 0.05) is 12.0 Å². The zero-order valence-electron chi connectivity index (χ0n) is 32.1. The van der Waals surface area contributed by atoms with Crippen LogP contribution >= 0.6 is 0 Å². The van der Waals surface area contributed by atoms with Crippen molar-refractivity contribution in [1.82, 2.24) is 4.90 Å². The number of methoxy groups -OCH3 is 1. The number of carbonyl (C=O) groups is 2. The summed E-state index contributed by atoms with van der Waals surface area (Å²) in [6.07, 6.45) is 4.53. The molecule has 0 N–H and O–H groups in total. The molecule has 1 amide bonds. The van der Waals surface area contributed by atoms with Crippen molar-refractivity contribution in [3.63, 3.8) is 0 Å². The fourth-order valence-electron chi connectivity index (χ4n) is 4.92. The second kappa shape index (κ2) is 14.7. The zero-order valence-corrected chi connectivity index (χ0v) is 34.1. The van der Waals surface area contributed by atoms with Gasteiger partial charge in [-0.25, -0.2) is 9.59 Å². The molecule has 0 radical (unpaired) electrons. The van der Waals surface area contributed by atoms with Crippen molar-refractivity contribution in [2.24, 2.45) is 11.8 Å². The monoisotopic (exact) mass is 669 g/mol. The van der Waals surface area contributed by atoms with Gasteiger partial charge in [0.25, 0.3) is 0 Å². The summed E-state index contributed by atoms with van der Waals surface area (Å²) in [5.41, 5.74) is -0.448. The number of carbonyl (C=O) groups excluding carboxylic acids is 2. The van der Waals surface area contributed by atoms with E-state index in [1.54, 1.807) is 4.90 Å². The number of rotatable bonds is 11. The van der Waals surface area contributed by atoms with Crippen LogP contribution in [0.25, 0.3) is 0 Å². The molecule has 0 aromatic carbocycles. The third-order valence-electron chi connectivity index (χ3n) is 9.73. The molecule has 0 aliphatic carbocycles. The van der Waals surface area contributed by atoms with Gasteiger partial charge in [0.1, 0.15) is 11.3 Å². The standard InChI is InChI=1S/C35H67NO7Si2/c1-24(20-21-28(37)39-15)29(42-44(16,17)33(7,8)9)26(3)30(43-45(18,19)34(10,11)12)25(2)22-27-23-40-35(13,14)36(27)31(38)41-32(4,5)6/h20-22,24,26-27,29-30H,23H2,1-19H3/b21-20+,25-22+/t24-,26+,27+,29-,30-/m0/s1. The van der Waals surface area contributed by atoms with Crippen molar-refractivity contribution in [2.45, 2.75) is 163 Å². The normalized spacial score (nSPS) is 21.4. The predicted molar refractivity (Wildman–Crippen MR) is 189 cm³/mol. The number of esters is 1. The second-order valence-electron chi connectivity index (χ2n) is 17.3. The van der Waals surface area contributed by atoms with Crippen molar-refractivity contribution in [2.75, 3.05) is 13.7 Å². The summed E-state index contributed by atoms with van der Waals surface area (Å²) in [7, 11) is -3.14. The van der Waals surface area contributed by atoms with Crippen LogP contribution in [-0.4, -0.2) is 76.9 Å². The van der Waals surface area contributed by atoms with Crippen molar-refractivity contribution in [3.05, 3.63) is 23.8 Å². The Labute approximate surface area is 277 Å². The maximum Gasteiger partial charge on any atom is 0.413 e. The molecule has 8 nitrogen and oxygen atoms in total. The molecule has 10 heteroatoms. The zero-order chi connectivity index (χ0) is 35.6. The molecule has 1 saturated heterocycles. The first-order valence-electron chi connectivity index (χ1n) is 16.4. The van der Waals surface area contributed by atoms with Crippen LogP contribution < -0.4 is 0 Å². The van der Waals surface area contributed by atoms with Crippen LogP contribution in [0, 0.1) is 11.8 Å². The Kier molecular flexibility index (Phi) is 13.6. The number of nitrogens with zero attached hydrogens (tertiary/aromatic N) is 1. The van der Waals surface area contributed by atoms with E-state index in [1.807, 2.05) is 40.7 Å². The molecule has 0 aromatic heterocycles. The molecule has 1 aliphatic rings. The fraction of sp³-hybridized carbons (Fsp3) is 0.829. The summed E-state index contributed by atoms with van der Waals surface area (Å²) in [6.45, 7) is 38.6. The Morgan fingerprint density at radius 1 is 0.911 bits per heavy atom. The Bertz CT molecular complexity index is 1080. The third kappa shape index (κ3) is 11.3. The van der Waals surface area contributed by atoms with Gasteiger partial charge >= 0.3 is 12.1 Å². The van der Waals surface area contributed by atoms with Gasteiger partial charge in [-0.2, -0.15) is 0 Å². The lowest BCUT2D eigenvalue weighted by Crippen LogP contribution is -2.52. The summed E-state index contributed by atoms with van der Waals surface area (Å²) < 4.78 is 31.3. The highest BCUT2D eigenvalue weighted by molar-refractivity contribution is 6.74. The summed E-state index contributed by atoms with van der Waals surface area (Å²) >= 11 is 0. The first-order valence-corrected chi connectivity index (χ1v) is 22.3. The van der Waals surface area contributed by atoms with Crippen LogP contribution in [0.2, 0.25) is 36.3 Å². The molecule has 1 heterocycles. The lowest BCUT2D eigenvalue weighted by atomic mass is 9.86. The Balaban J connectivity index is 3.79. The highest BCUT2D eigenvalue weighted by Crippen LogP contribution is 2.43. The van der Waals surface area contributed by atoms with Crippen LogP contribution in [-0.2, 0) is 27.9 Å². The van der Waals surface area contributed by atoms with E-state index in [0.29, 0.717) is 6.61 Å². The van der Waals surface area contributed by atoms with Gasteiger partial charge < -0.3 is 23.1 Å². The highest BCUT2D eigenvalue weighted by atomic mass is 28.4. The first kappa shape index (κ1) is 41.6. The molecule has 0 bridgehead atoms. The number of hydrogen-bond acceptors (Lipinski definition) is 7. The van der Waals surface area contributed by atoms with E-state index in [-0.39, 0.29) is 40.2 Å². The quantitative estimate of drug-likeness (QED) is 0.0939. The number of ether oxygens (including phenoxy) is 3. The smallest absolute Gasteiger partial charge is 0.413 e. The van der Waals surface area contributed by atoms with Gasteiger partial charge in [-0.3, -0.25) is 4.90 Å². The third-order valence-corrected chi connectivity index (χ3v) is 18.7. The molecular formula is C35H67NO7Si2. The van der Waals surface area contributed by atoms with E-state index in [4.69, 9.17) is 23.1 Å². The maximum atomic E-state index is 13.4. The Morgan fingerprint density at radius 2 is 1.40 bits per heavy atom. The minimum atomic E-state index is -2.28. The molecule has 0 saturated carbocycles. The predicted octanol–water partition coefficient (Wildman–Crippen LogP) is 9.09. The molecule has 262 valence electrons. The molecule has 45 heavy (non-hydrogen) atoms. The fourth-order valence-corrected chi connectivity index (χ4v) is 7.77. The molecule has 1 fully saturated rings. The molecule has 0 aromatic rings. The van der Waals surface area contributed by atoms with Crippen molar-refractivity contribution in [1.29, 1.82) is 0 Å². The highest BCUT2D eigenvalue weighted by Gasteiger charge is 2.48. The maximum absolute atomic E-state index is 13.4. The molecule has 1 rings (SSSR count). The van der Waals surface area contributed by atoms with Gasteiger partial charge in [-0.15, -0.1) is 0 Å². The molecule has 1 aliphatic heterocycles. The van der Waals surface area contributed by atoms with Crippen molar-refractivity contribution in [3.8, 4) is 0 Å². The number of hydrogen-bond donors (Lipinski definition) is 0. The lowest BCUT2D eigenvalue weighted by Gasteiger charge is -2.46. The summed E-state index contributed by atoms with van der Waals surface area (Å²) in [6, 6.07) is -0.330. The van der Waals surface area contributed by atoms with Crippen LogP contribution in [0.4, 0.5) is 4.79 Å². The van der Waals surface area contributed by atoms with Gasteiger partial charge in [-0.05, 0) is 89.3 Å².